The van der Waals surface area contributed by atoms with Gasteiger partial charge in [-0.05, 0) is 24.6 Å². The zero-order valence-corrected chi connectivity index (χ0v) is 13.0. The Bertz CT molecular complexity index is 444. The van der Waals surface area contributed by atoms with Gasteiger partial charge in [0.15, 0.2) is 0 Å². The molecule has 118 valence electrons. The van der Waals surface area contributed by atoms with Crippen LogP contribution in [0.2, 0.25) is 0 Å². The molecule has 0 aliphatic carbocycles. The van der Waals surface area contributed by atoms with Crippen LogP contribution in [0.3, 0.4) is 0 Å². The zero-order chi connectivity index (χ0) is 15.7. The van der Waals surface area contributed by atoms with E-state index in [9.17, 15) is 4.79 Å². The van der Waals surface area contributed by atoms with Crippen LogP contribution < -0.4 is 11.1 Å². The number of amides is 1. The maximum Gasteiger partial charge on any atom is 0.238 e. The van der Waals surface area contributed by atoms with Crippen molar-refractivity contribution in [2.24, 2.45) is 0 Å². The fraction of sp³-hybridized carbons (Fsp3) is 0.533. The van der Waals surface area contributed by atoms with E-state index in [1.165, 1.54) is 0 Å². The summed E-state index contributed by atoms with van der Waals surface area (Å²) >= 11 is 0. The van der Waals surface area contributed by atoms with Crippen LogP contribution in [0.5, 0.6) is 0 Å². The Morgan fingerprint density at radius 2 is 1.86 bits per heavy atom. The normalized spacial score (nSPS) is 10.9. The third-order valence-electron chi connectivity index (χ3n) is 3.13. The van der Waals surface area contributed by atoms with Gasteiger partial charge in [0.05, 0.1) is 19.8 Å². The van der Waals surface area contributed by atoms with Crippen LogP contribution in [0.15, 0.2) is 18.2 Å². The number of nitrogens with two attached hydrogens (primary N) is 1. The molecule has 1 aromatic rings. The molecule has 3 N–H and O–H groups in total. The lowest BCUT2D eigenvalue weighted by Gasteiger charge is -2.21. The highest BCUT2D eigenvalue weighted by molar-refractivity contribution is 5.93. The highest BCUT2D eigenvalue weighted by Crippen LogP contribution is 2.17. The van der Waals surface area contributed by atoms with Gasteiger partial charge in [-0.3, -0.25) is 9.69 Å². The van der Waals surface area contributed by atoms with Crippen molar-refractivity contribution in [3.05, 3.63) is 23.8 Å². The predicted molar refractivity (Wildman–Crippen MR) is 84.4 cm³/mol. The van der Waals surface area contributed by atoms with Crippen LogP contribution in [0.4, 0.5) is 11.4 Å². The second kappa shape index (κ2) is 9.33. The molecule has 0 saturated carbocycles. The third-order valence-corrected chi connectivity index (χ3v) is 3.13. The number of nitrogen functional groups attached to an aromatic ring is 1. The van der Waals surface area contributed by atoms with E-state index >= 15 is 0 Å². The number of nitrogens with zero attached hydrogens (tertiary/aromatic N) is 1. The number of carbonyl (C=O) groups is 1. The molecule has 0 atom stereocenters. The van der Waals surface area contributed by atoms with Crippen molar-refractivity contribution in [1.29, 1.82) is 0 Å². The summed E-state index contributed by atoms with van der Waals surface area (Å²) in [5, 5.41) is 2.89. The van der Waals surface area contributed by atoms with Crippen molar-refractivity contribution < 1.29 is 14.3 Å². The van der Waals surface area contributed by atoms with E-state index in [4.69, 9.17) is 15.2 Å². The Morgan fingerprint density at radius 1 is 1.24 bits per heavy atom. The van der Waals surface area contributed by atoms with Crippen molar-refractivity contribution in [2.45, 2.75) is 6.92 Å². The lowest BCUT2D eigenvalue weighted by molar-refractivity contribution is -0.117. The highest BCUT2D eigenvalue weighted by Gasteiger charge is 2.11. The van der Waals surface area contributed by atoms with Gasteiger partial charge in [-0.2, -0.15) is 0 Å². The minimum atomic E-state index is -0.0732. The minimum absolute atomic E-state index is 0.0732. The molecule has 21 heavy (non-hydrogen) atoms. The van der Waals surface area contributed by atoms with Crippen molar-refractivity contribution in [3.63, 3.8) is 0 Å². The lowest BCUT2D eigenvalue weighted by Crippen LogP contribution is -2.37. The molecule has 0 saturated heterocycles. The number of nitrogens with one attached hydrogen (secondary N) is 1. The fourth-order valence-electron chi connectivity index (χ4n) is 1.88. The van der Waals surface area contributed by atoms with Gasteiger partial charge in [0.1, 0.15) is 0 Å². The topological polar surface area (TPSA) is 76.8 Å². The number of ether oxygens (including phenoxy) is 2. The summed E-state index contributed by atoms with van der Waals surface area (Å²) in [7, 11) is 3.29. The first kappa shape index (κ1) is 17.4. The van der Waals surface area contributed by atoms with Crippen LogP contribution >= 0.6 is 0 Å². The van der Waals surface area contributed by atoms with Gasteiger partial charge in [-0.15, -0.1) is 0 Å². The molecular weight excluding hydrogens is 270 g/mol. The first-order valence-corrected chi connectivity index (χ1v) is 6.93. The Morgan fingerprint density at radius 3 is 2.43 bits per heavy atom. The maximum absolute atomic E-state index is 12.1. The smallest absolute Gasteiger partial charge is 0.238 e. The minimum Gasteiger partial charge on any atom is -0.399 e. The predicted octanol–water partition coefficient (Wildman–Crippen LogP) is 1.11. The van der Waals surface area contributed by atoms with E-state index in [-0.39, 0.29) is 5.91 Å². The molecule has 0 spiro atoms. The monoisotopic (exact) mass is 295 g/mol. The second-order valence-corrected chi connectivity index (χ2v) is 4.88. The van der Waals surface area contributed by atoms with E-state index in [2.05, 4.69) is 5.32 Å². The van der Waals surface area contributed by atoms with Crippen molar-refractivity contribution in [3.8, 4) is 0 Å². The number of hydrogen-bond acceptors (Lipinski definition) is 5. The summed E-state index contributed by atoms with van der Waals surface area (Å²) < 4.78 is 10.1. The van der Waals surface area contributed by atoms with Gasteiger partial charge in [0.25, 0.3) is 0 Å². The Labute approximate surface area is 126 Å². The third kappa shape index (κ3) is 6.57. The number of carbonyl (C=O) groups excluding carboxylic acids is 1. The largest absolute Gasteiger partial charge is 0.399 e. The SMILES string of the molecule is COCCN(CCOC)CC(=O)Nc1cc(N)ccc1C. The van der Waals surface area contributed by atoms with Crippen LogP contribution in [0.25, 0.3) is 0 Å². The molecule has 0 aliphatic heterocycles. The summed E-state index contributed by atoms with van der Waals surface area (Å²) in [6.07, 6.45) is 0. The molecule has 6 nitrogen and oxygen atoms in total. The van der Waals surface area contributed by atoms with Gasteiger partial charge >= 0.3 is 0 Å². The number of benzene rings is 1. The van der Waals surface area contributed by atoms with Gasteiger partial charge in [-0.1, -0.05) is 6.07 Å². The van der Waals surface area contributed by atoms with E-state index in [1.807, 2.05) is 24.0 Å². The van der Waals surface area contributed by atoms with Crippen LogP contribution in [-0.2, 0) is 14.3 Å². The summed E-state index contributed by atoms with van der Waals surface area (Å²) in [6, 6.07) is 5.47. The number of methoxy groups -OCH3 is 2. The van der Waals surface area contributed by atoms with Gasteiger partial charge in [0.2, 0.25) is 5.91 Å². The average molecular weight is 295 g/mol. The van der Waals surface area contributed by atoms with Gasteiger partial charge in [0, 0.05) is 38.7 Å². The van der Waals surface area contributed by atoms with E-state index in [0.29, 0.717) is 38.5 Å². The van der Waals surface area contributed by atoms with Gasteiger partial charge < -0.3 is 20.5 Å². The van der Waals surface area contributed by atoms with Crippen LogP contribution in [0.1, 0.15) is 5.56 Å². The summed E-state index contributed by atoms with van der Waals surface area (Å²) in [5.41, 5.74) is 8.10. The number of hydrogen-bond donors (Lipinski definition) is 2. The molecule has 0 radical (unpaired) electrons. The molecule has 1 amide bonds. The maximum atomic E-state index is 12.1. The second-order valence-electron chi connectivity index (χ2n) is 4.88. The Balaban J connectivity index is 2.57. The van der Waals surface area contributed by atoms with Crippen LogP contribution in [0, 0.1) is 6.92 Å². The van der Waals surface area contributed by atoms with E-state index < -0.39 is 0 Å². The van der Waals surface area contributed by atoms with E-state index in [0.717, 1.165) is 11.3 Å². The molecule has 0 aliphatic rings. The van der Waals surface area contributed by atoms with Crippen molar-refractivity contribution >= 4 is 17.3 Å². The van der Waals surface area contributed by atoms with E-state index in [1.54, 1.807) is 20.3 Å². The Kier molecular flexibility index (Phi) is 7.74. The van der Waals surface area contributed by atoms with Crippen molar-refractivity contribution in [2.75, 3.05) is 58.1 Å². The number of anilines is 2. The van der Waals surface area contributed by atoms with Gasteiger partial charge in [-0.25, -0.2) is 0 Å². The first-order chi connectivity index (χ1) is 10.1. The molecule has 0 bridgehead atoms. The van der Waals surface area contributed by atoms with Crippen LogP contribution in [-0.4, -0.2) is 57.9 Å². The number of aryl methyl sites for hydroxylation is 1. The summed E-state index contributed by atoms with van der Waals surface area (Å²) in [4.78, 5) is 14.1. The standard InChI is InChI=1S/C15H25N3O3/c1-12-4-5-13(16)10-14(12)17-15(19)11-18(6-8-20-2)7-9-21-3/h4-5,10H,6-9,11,16H2,1-3H3,(H,17,19). The molecule has 0 aromatic heterocycles. The molecule has 0 heterocycles. The van der Waals surface area contributed by atoms with Crippen molar-refractivity contribution in [1.82, 2.24) is 4.90 Å². The highest BCUT2D eigenvalue weighted by atomic mass is 16.5. The molecular formula is C15H25N3O3. The first-order valence-electron chi connectivity index (χ1n) is 6.93. The number of rotatable bonds is 9. The quantitative estimate of drug-likeness (QED) is 0.667. The molecule has 6 heteroatoms. The summed E-state index contributed by atoms with van der Waals surface area (Å²) in [5.74, 6) is -0.0732. The lowest BCUT2D eigenvalue weighted by atomic mass is 10.2. The molecule has 0 fully saturated rings. The fourth-order valence-corrected chi connectivity index (χ4v) is 1.88. The zero-order valence-electron chi connectivity index (χ0n) is 13.0. The summed E-state index contributed by atoms with van der Waals surface area (Å²) in [6.45, 7) is 4.75. The molecule has 1 aromatic carbocycles. The molecule has 1 rings (SSSR count). The Hall–Kier alpha value is -1.63. The average Bonchev–Trinajstić information content (AvgIpc) is 2.45. The molecule has 0 unspecified atom stereocenters.